The minimum Gasteiger partial charge on any atom is -0.493 e. The Balaban J connectivity index is 1.27. The third kappa shape index (κ3) is 6.91. The molecular weight excluding hydrogens is 462 g/mol. The number of nitrogens with one attached hydrogen (secondary N) is 1. The molecule has 4 aromatic rings. The van der Waals surface area contributed by atoms with E-state index < -0.39 is 0 Å². The molecule has 4 rings (SSSR count). The molecule has 0 unspecified atom stereocenters. The number of rotatable bonds is 12. The topological polar surface area (TPSA) is 65.4 Å². The maximum atomic E-state index is 12.3. The predicted molar refractivity (Wildman–Crippen MR) is 149 cm³/mol. The Hall–Kier alpha value is -3.80. The molecule has 0 bridgehead atoms. The van der Waals surface area contributed by atoms with Crippen LogP contribution >= 0.6 is 0 Å². The zero-order valence-corrected chi connectivity index (χ0v) is 22.3. The highest BCUT2D eigenvalue weighted by Crippen LogP contribution is 2.22. The minimum absolute atomic E-state index is 0.0171. The minimum atomic E-state index is -0.113. The van der Waals surface area contributed by atoms with Crippen LogP contribution in [0.2, 0.25) is 0 Å². The molecule has 0 saturated heterocycles. The Kier molecular flexibility index (Phi) is 8.83. The molecule has 0 radical (unpaired) electrons. The predicted octanol–water partition coefficient (Wildman–Crippen LogP) is 5.87. The van der Waals surface area contributed by atoms with E-state index in [1.807, 2.05) is 62.4 Å². The van der Waals surface area contributed by atoms with Gasteiger partial charge in [-0.1, -0.05) is 36.4 Å². The first kappa shape index (κ1) is 26.3. The molecule has 0 aliphatic heterocycles. The van der Waals surface area contributed by atoms with Gasteiger partial charge in [0.05, 0.1) is 17.6 Å². The maximum absolute atomic E-state index is 12.3. The van der Waals surface area contributed by atoms with Gasteiger partial charge in [0.25, 0.3) is 5.91 Å². The zero-order chi connectivity index (χ0) is 26.2. The van der Waals surface area contributed by atoms with Gasteiger partial charge >= 0.3 is 0 Å². The van der Waals surface area contributed by atoms with E-state index in [4.69, 9.17) is 14.5 Å². The summed E-state index contributed by atoms with van der Waals surface area (Å²) in [5.74, 6) is 2.63. The normalized spacial score (nSPS) is 11.0. The second kappa shape index (κ2) is 12.4. The summed E-state index contributed by atoms with van der Waals surface area (Å²) in [6.45, 7) is 10.3. The molecule has 0 atom stereocenters. The van der Waals surface area contributed by atoms with E-state index in [0.717, 1.165) is 65.3 Å². The van der Waals surface area contributed by atoms with Gasteiger partial charge in [0.1, 0.15) is 17.3 Å². The first-order valence-corrected chi connectivity index (χ1v) is 13.0. The first-order chi connectivity index (χ1) is 17.9. The lowest BCUT2D eigenvalue weighted by Gasteiger charge is -2.13. The number of carbonyl (C=O) groups is 1. The second-order valence-electron chi connectivity index (χ2n) is 9.58. The van der Waals surface area contributed by atoms with Crippen molar-refractivity contribution in [3.63, 3.8) is 0 Å². The number of benzene rings is 3. The highest BCUT2D eigenvalue weighted by Gasteiger charge is 2.11. The van der Waals surface area contributed by atoms with Gasteiger partial charge in [-0.3, -0.25) is 4.79 Å². The average molecular weight is 500 g/mol. The quantitative estimate of drug-likeness (QED) is 0.248. The van der Waals surface area contributed by atoms with Crippen molar-refractivity contribution in [2.24, 2.45) is 0 Å². The van der Waals surface area contributed by atoms with Crippen molar-refractivity contribution in [1.29, 1.82) is 0 Å². The standard InChI is InChI=1S/C31H37N3O3/c1-22-15-16-24(3)29(20-22)37-21-31(35)32-17-8-14-30-33-26-11-5-6-12-27(26)34(30)18-9-19-36-28-13-7-10-23(2)25(28)4/h5-7,10-13,15-16,20H,8-9,14,17-19,21H2,1-4H3,(H,32,35). The van der Waals surface area contributed by atoms with E-state index in [-0.39, 0.29) is 12.5 Å². The van der Waals surface area contributed by atoms with E-state index in [2.05, 4.69) is 35.9 Å². The Morgan fingerprint density at radius 1 is 0.892 bits per heavy atom. The number of carbonyl (C=O) groups excluding carboxylic acids is 1. The summed E-state index contributed by atoms with van der Waals surface area (Å²) >= 11 is 0. The van der Waals surface area contributed by atoms with E-state index in [9.17, 15) is 4.79 Å². The summed E-state index contributed by atoms with van der Waals surface area (Å²) in [6.07, 6.45) is 2.47. The molecule has 1 heterocycles. The van der Waals surface area contributed by atoms with Gasteiger partial charge in [-0.25, -0.2) is 4.98 Å². The summed E-state index contributed by atoms with van der Waals surface area (Å²) in [5, 5.41) is 2.97. The van der Waals surface area contributed by atoms with Crippen LogP contribution < -0.4 is 14.8 Å². The molecular formula is C31H37N3O3. The SMILES string of the molecule is Cc1ccc(C)c(OCC(=O)NCCCc2nc3ccccc3n2CCCOc2cccc(C)c2C)c1. The molecule has 1 N–H and O–H groups in total. The molecule has 1 amide bonds. The number of hydrogen-bond donors (Lipinski definition) is 1. The van der Waals surface area contributed by atoms with Gasteiger partial charge in [-0.15, -0.1) is 0 Å². The molecule has 0 saturated carbocycles. The van der Waals surface area contributed by atoms with Gasteiger partial charge in [0.15, 0.2) is 6.61 Å². The van der Waals surface area contributed by atoms with Gasteiger partial charge < -0.3 is 19.4 Å². The van der Waals surface area contributed by atoms with Crippen LogP contribution in [0.3, 0.4) is 0 Å². The van der Waals surface area contributed by atoms with Gasteiger partial charge in [0, 0.05) is 19.5 Å². The molecule has 0 aliphatic carbocycles. The number of nitrogens with zero attached hydrogens (tertiary/aromatic N) is 2. The summed E-state index contributed by atoms with van der Waals surface area (Å²) in [4.78, 5) is 17.2. The van der Waals surface area contributed by atoms with Crippen LogP contribution in [0.25, 0.3) is 11.0 Å². The van der Waals surface area contributed by atoms with Crippen LogP contribution in [0.4, 0.5) is 0 Å². The monoisotopic (exact) mass is 499 g/mol. The molecule has 37 heavy (non-hydrogen) atoms. The Morgan fingerprint density at radius 2 is 1.73 bits per heavy atom. The number of aryl methyl sites for hydroxylation is 5. The molecule has 6 nitrogen and oxygen atoms in total. The molecule has 3 aromatic carbocycles. The van der Waals surface area contributed by atoms with Crippen LogP contribution in [0, 0.1) is 27.7 Å². The van der Waals surface area contributed by atoms with E-state index in [0.29, 0.717) is 13.2 Å². The Bertz CT molecular complexity index is 1360. The van der Waals surface area contributed by atoms with Gasteiger partial charge in [0.2, 0.25) is 0 Å². The van der Waals surface area contributed by atoms with Crippen molar-refractivity contribution >= 4 is 16.9 Å². The molecule has 194 valence electrons. The summed E-state index contributed by atoms with van der Waals surface area (Å²) in [5.41, 5.74) is 6.70. The maximum Gasteiger partial charge on any atom is 0.257 e. The van der Waals surface area contributed by atoms with E-state index >= 15 is 0 Å². The highest BCUT2D eigenvalue weighted by molar-refractivity contribution is 5.77. The third-order valence-corrected chi connectivity index (χ3v) is 6.67. The van der Waals surface area contributed by atoms with Crippen molar-refractivity contribution in [3.8, 4) is 11.5 Å². The highest BCUT2D eigenvalue weighted by atomic mass is 16.5. The van der Waals surface area contributed by atoms with Crippen LogP contribution in [0.1, 0.15) is 40.9 Å². The molecule has 1 aromatic heterocycles. The molecule has 0 aliphatic rings. The Morgan fingerprint density at radius 3 is 2.59 bits per heavy atom. The molecule has 0 fully saturated rings. The number of fused-ring (bicyclic) bond motifs is 1. The zero-order valence-electron chi connectivity index (χ0n) is 22.3. The van der Waals surface area contributed by atoms with Crippen LogP contribution in [0.15, 0.2) is 60.7 Å². The van der Waals surface area contributed by atoms with Crippen molar-refractivity contribution in [2.45, 2.75) is 53.5 Å². The van der Waals surface area contributed by atoms with Crippen LogP contribution in [-0.4, -0.2) is 35.2 Å². The lowest BCUT2D eigenvalue weighted by atomic mass is 10.1. The number of ether oxygens (including phenoxy) is 2. The van der Waals surface area contributed by atoms with Crippen molar-refractivity contribution in [3.05, 3.63) is 88.7 Å². The fourth-order valence-electron chi connectivity index (χ4n) is 4.38. The van der Waals surface area contributed by atoms with Gasteiger partial charge in [-0.2, -0.15) is 0 Å². The van der Waals surface area contributed by atoms with Crippen LogP contribution in [-0.2, 0) is 17.8 Å². The molecule has 0 spiro atoms. The number of amides is 1. The van der Waals surface area contributed by atoms with Gasteiger partial charge in [-0.05, 0) is 87.1 Å². The fraction of sp³-hybridized carbons (Fsp3) is 0.355. The summed E-state index contributed by atoms with van der Waals surface area (Å²) in [7, 11) is 0. The lowest BCUT2D eigenvalue weighted by Crippen LogP contribution is -2.30. The van der Waals surface area contributed by atoms with Crippen molar-refractivity contribution in [2.75, 3.05) is 19.8 Å². The molecule has 6 heteroatoms. The number of para-hydroxylation sites is 2. The average Bonchev–Trinajstić information content (AvgIpc) is 3.24. The van der Waals surface area contributed by atoms with Crippen LogP contribution in [0.5, 0.6) is 11.5 Å². The third-order valence-electron chi connectivity index (χ3n) is 6.67. The first-order valence-electron chi connectivity index (χ1n) is 13.0. The summed E-state index contributed by atoms with van der Waals surface area (Å²) < 4.78 is 14.1. The second-order valence-corrected chi connectivity index (χ2v) is 9.58. The summed E-state index contributed by atoms with van der Waals surface area (Å²) in [6, 6.07) is 20.4. The number of aromatic nitrogens is 2. The van der Waals surface area contributed by atoms with Crippen molar-refractivity contribution in [1.82, 2.24) is 14.9 Å². The smallest absolute Gasteiger partial charge is 0.257 e. The number of hydrogen-bond acceptors (Lipinski definition) is 4. The number of imidazole rings is 1. The largest absolute Gasteiger partial charge is 0.493 e. The van der Waals surface area contributed by atoms with E-state index in [1.165, 1.54) is 11.1 Å². The Labute approximate surface area is 219 Å². The van der Waals surface area contributed by atoms with E-state index in [1.54, 1.807) is 0 Å². The lowest BCUT2D eigenvalue weighted by molar-refractivity contribution is -0.123. The fourth-order valence-corrected chi connectivity index (χ4v) is 4.38. The van der Waals surface area contributed by atoms with Crippen molar-refractivity contribution < 1.29 is 14.3 Å².